The third-order valence-corrected chi connectivity index (χ3v) is 6.35. The van der Waals surface area contributed by atoms with Crippen LogP contribution in [0, 0.1) is 11.8 Å². The quantitative estimate of drug-likeness (QED) is 0.485. The Morgan fingerprint density at radius 3 is 2.68 bits per heavy atom. The molecule has 1 fully saturated rings. The van der Waals surface area contributed by atoms with Crippen LogP contribution in [0.3, 0.4) is 0 Å². The van der Waals surface area contributed by atoms with E-state index in [0.29, 0.717) is 0 Å². The fourth-order valence-electron chi connectivity index (χ4n) is 3.07. The first-order chi connectivity index (χ1) is 9.18. The minimum absolute atomic E-state index is 0.164. The van der Waals surface area contributed by atoms with Crippen LogP contribution in [0.4, 0.5) is 0 Å². The molecule has 0 spiro atoms. The van der Waals surface area contributed by atoms with E-state index in [-0.39, 0.29) is 23.2 Å². The van der Waals surface area contributed by atoms with Gasteiger partial charge in [0.05, 0.1) is 12.5 Å². The van der Waals surface area contributed by atoms with E-state index in [1.807, 2.05) is 30.3 Å². The Kier molecular flexibility index (Phi) is 3.35. The van der Waals surface area contributed by atoms with Gasteiger partial charge in [-0.25, -0.2) is 0 Å². The summed E-state index contributed by atoms with van der Waals surface area (Å²) < 4.78 is 4.37. The summed E-state index contributed by atoms with van der Waals surface area (Å²) in [7, 11) is 1.44. The summed E-state index contributed by atoms with van der Waals surface area (Å²) in [6.07, 6.45) is 5.20. The number of hydrogen-bond acceptors (Lipinski definition) is 3. The van der Waals surface area contributed by atoms with Gasteiger partial charge in [0.1, 0.15) is 4.75 Å². The van der Waals surface area contributed by atoms with Gasteiger partial charge in [0.25, 0.3) is 0 Å². The summed E-state index contributed by atoms with van der Waals surface area (Å²) in [6.45, 7) is 0. The molecule has 1 aromatic carbocycles. The van der Waals surface area contributed by atoms with E-state index in [1.54, 1.807) is 11.8 Å². The molecule has 0 N–H and O–H groups in total. The summed E-state index contributed by atoms with van der Waals surface area (Å²) in [4.78, 5) is 13.4. The maximum Gasteiger partial charge on any atom is 0.324 e. The van der Waals surface area contributed by atoms with Gasteiger partial charge >= 0.3 is 5.97 Å². The minimum Gasteiger partial charge on any atom is -0.468 e. The van der Waals surface area contributed by atoms with Gasteiger partial charge in [0.2, 0.25) is 0 Å². The predicted molar refractivity (Wildman–Crippen MR) is 77.4 cm³/mol. The van der Waals surface area contributed by atoms with Gasteiger partial charge < -0.3 is 4.74 Å². The van der Waals surface area contributed by atoms with Gasteiger partial charge in [-0.15, -0.1) is 23.4 Å². The van der Waals surface area contributed by atoms with E-state index in [2.05, 4.69) is 12.2 Å². The number of carbonyl (C=O) groups excluding carboxylic acids is 1. The zero-order valence-electron chi connectivity index (χ0n) is 10.6. The van der Waals surface area contributed by atoms with Crippen LogP contribution in [-0.4, -0.2) is 23.2 Å². The average molecular weight is 295 g/mol. The Bertz CT molecular complexity index is 516. The molecular weight excluding hydrogens is 280 g/mol. The molecule has 2 aliphatic carbocycles. The summed E-state index contributed by atoms with van der Waals surface area (Å²) in [5.74, 6) is 0.234. The second-order valence-corrected chi connectivity index (χ2v) is 6.81. The smallest absolute Gasteiger partial charge is 0.324 e. The summed E-state index contributed by atoms with van der Waals surface area (Å²) in [6, 6.07) is 9.93. The molecule has 1 aromatic rings. The number of alkyl halides is 1. The standard InChI is InChI=1S/C15H15ClO2S/c1-18-14(17)15(19-12-5-3-2-4-6-12)11-8-7-10(9-11)13(15)16/h2-8,10-11,13H,9H2,1H3/t10-,11+,13+,15-/m0/s1. The number of ether oxygens (including phenoxy) is 1. The van der Waals surface area contributed by atoms with Gasteiger partial charge in [0, 0.05) is 10.8 Å². The number of esters is 1. The Morgan fingerprint density at radius 1 is 1.37 bits per heavy atom. The first-order valence-corrected chi connectivity index (χ1v) is 7.58. The molecule has 0 unspecified atom stereocenters. The number of methoxy groups -OCH3 is 1. The Labute approximate surface area is 122 Å². The zero-order valence-corrected chi connectivity index (χ0v) is 12.2. The molecule has 0 heterocycles. The van der Waals surface area contributed by atoms with E-state index < -0.39 is 4.75 Å². The van der Waals surface area contributed by atoms with Crippen molar-refractivity contribution in [2.24, 2.45) is 11.8 Å². The van der Waals surface area contributed by atoms with Crippen LogP contribution in [0.2, 0.25) is 0 Å². The van der Waals surface area contributed by atoms with Gasteiger partial charge in [-0.3, -0.25) is 4.79 Å². The van der Waals surface area contributed by atoms with Crippen LogP contribution < -0.4 is 0 Å². The molecule has 3 rings (SSSR count). The third kappa shape index (κ3) is 1.91. The number of halogens is 1. The molecule has 4 heteroatoms. The molecule has 2 bridgehead atoms. The molecule has 4 atom stereocenters. The molecule has 0 radical (unpaired) electrons. The van der Waals surface area contributed by atoms with Gasteiger partial charge in [-0.1, -0.05) is 30.4 Å². The molecule has 0 saturated heterocycles. The highest BCUT2D eigenvalue weighted by Gasteiger charge is 2.61. The van der Waals surface area contributed by atoms with Crippen molar-refractivity contribution in [3.63, 3.8) is 0 Å². The SMILES string of the molecule is COC(=O)[C@]1(Sc2ccccc2)[C@@H]2C=C[C@@H](C2)[C@H]1Cl. The molecule has 0 aromatic heterocycles. The third-order valence-electron chi connectivity index (χ3n) is 3.99. The van der Waals surface area contributed by atoms with Crippen LogP contribution in [0.25, 0.3) is 0 Å². The van der Waals surface area contributed by atoms with Crippen molar-refractivity contribution in [2.45, 2.75) is 21.4 Å². The highest BCUT2D eigenvalue weighted by Crippen LogP contribution is 2.58. The Morgan fingerprint density at radius 2 is 2.11 bits per heavy atom. The van der Waals surface area contributed by atoms with E-state index >= 15 is 0 Å². The maximum absolute atomic E-state index is 12.4. The van der Waals surface area contributed by atoms with Crippen LogP contribution in [0.5, 0.6) is 0 Å². The molecule has 0 amide bonds. The topological polar surface area (TPSA) is 26.3 Å². The van der Waals surface area contributed by atoms with Crippen LogP contribution in [0.1, 0.15) is 6.42 Å². The second kappa shape index (κ2) is 4.88. The predicted octanol–water partition coefficient (Wildman–Crippen LogP) is 3.50. The van der Waals surface area contributed by atoms with Crippen molar-refractivity contribution < 1.29 is 9.53 Å². The van der Waals surface area contributed by atoms with Gasteiger partial charge in [0.15, 0.2) is 0 Å². The van der Waals surface area contributed by atoms with Crippen molar-refractivity contribution in [1.29, 1.82) is 0 Å². The second-order valence-electron chi connectivity index (χ2n) is 4.99. The summed E-state index contributed by atoms with van der Waals surface area (Å²) in [5.41, 5.74) is 0. The van der Waals surface area contributed by atoms with Gasteiger partial charge in [-0.2, -0.15) is 0 Å². The number of carbonyl (C=O) groups is 1. The lowest BCUT2D eigenvalue weighted by Gasteiger charge is -2.35. The number of benzene rings is 1. The lowest BCUT2D eigenvalue weighted by atomic mass is 9.92. The van der Waals surface area contributed by atoms with Crippen molar-refractivity contribution in [3.8, 4) is 0 Å². The van der Waals surface area contributed by atoms with E-state index in [1.165, 1.54) is 7.11 Å². The summed E-state index contributed by atoms with van der Waals surface area (Å²) >= 11 is 8.13. The van der Waals surface area contributed by atoms with Crippen LogP contribution in [0.15, 0.2) is 47.4 Å². The van der Waals surface area contributed by atoms with Crippen molar-refractivity contribution in [1.82, 2.24) is 0 Å². The number of allylic oxidation sites excluding steroid dienone is 2. The van der Waals surface area contributed by atoms with E-state index in [9.17, 15) is 4.79 Å². The lowest BCUT2D eigenvalue weighted by molar-refractivity contribution is -0.144. The summed E-state index contributed by atoms with van der Waals surface area (Å²) in [5, 5.41) is -0.208. The first kappa shape index (κ1) is 13.1. The highest BCUT2D eigenvalue weighted by molar-refractivity contribution is 8.01. The number of hydrogen-bond donors (Lipinski definition) is 0. The van der Waals surface area contributed by atoms with Crippen LogP contribution >= 0.6 is 23.4 Å². The molecule has 0 aliphatic heterocycles. The molecule has 19 heavy (non-hydrogen) atoms. The minimum atomic E-state index is -0.683. The van der Waals surface area contributed by atoms with E-state index in [0.717, 1.165) is 11.3 Å². The number of fused-ring (bicyclic) bond motifs is 2. The van der Waals surface area contributed by atoms with E-state index in [4.69, 9.17) is 16.3 Å². The largest absolute Gasteiger partial charge is 0.468 e. The lowest BCUT2D eigenvalue weighted by Crippen LogP contribution is -2.47. The molecular formula is C15H15ClO2S. The average Bonchev–Trinajstić information content (AvgIpc) is 3.02. The monoisotopic (exact) mass is 294 g/mol. The molecule has 100 valence electrons. The van der Waals surface area contributed by atoms with Crippen molar-refractivity contribution >= 4 is 29.3 Å². The Balaban J connectivity index is 1.99. The number of rotatable bonds is 3. The number of thioether (sulfide) groups is 1. The van der Waals surface area contributed by atoms with Crippen LogP contribution in [-0.2, 0) is 9.53 Å². The Hall–Kier alpha value is -0.930. The van der Waals surface area contributed by atoms with Gasteiger partial charge in [-0.05, 0) is 24.5 Å². The van der Waals surface area contributed by atoms with Crippen molar-refractivity contribution in [2.75, 3.05) is 7.11 Å². The highest BCUT2D eigenvalue weighted by atomic mass is 35.5. The molecule has 2 nitrogen and oxygen atoms in total. The molecule has 1 saturated carbocycles. The fourth-order valence-corrected chi connectivity index (χ4v) is 5.10. The first-order valence-electron chi connectivity index (χ1n) is 6.33. The zero-order chi connectivity index (χ0) is 13.5. The fraction of sp³-hybridized carbons (Fsp3) is 0.400. The normalized spacial score (nSPS) is 35.6. The maximum atomic E-state index is 12.4. The molecule has 2 aliphatic rings. The van der Waals surface area contributed by atoms with Crippen molar-refractivity contribution in [3.05, 3.63) is 42.5 Å².